The molecule has 10 heteroatoms. The van der Waals surface area contributed by atoms with Crippen molar-refractivity contribution in [2.45, 2.75) is 18.9 Å². The van der Waals surface area contributed by atoms with Crippen molar-refractivity contribution in [3.63, 3.8) is 0 Å². The van der Waals surface area contributed by atoms with Crippen LogP contribution in [-0.4, -0.2) is 82.3 Å². The summed E-state index contributed by atoms with van der Waals surface area (Å²) in [6, 6.07) is 6.27. The van der Waals surface area contributed by atoms with E-state index in [2.05, 4.69) is 42.0 Å². The van der Waals surface area contributed by atoms with E-state index in [4.69, 9.17) is 9.72 Å². The van der Waals surface area contributed by atoms with Crippen molar-refractivity contribution in [2.24, 2.45) is 0 Å². The van der Waals surface area contributed by atoms with Gasteiger partial charge in [-0.3, -0.25) is 0 Å². The molecule has 5 rings (SSSR count). The fourth-order valence-corrected chi connectivity index (χ4v) is 4.01. The molecular formula is C19H25N9O. The first-order valence-corrected chi connectivity index (χ1v) is 10.1. The smallest absolute Gasteiger partial charge is 0.227 e. The van der Waals surface area contributed by atoms with E-state index in [1.807, 2.05) is 24.4 Å². The van der Waals surface area contributed by atoms with Crippen LogP contribution in [0.1, 0.15) is 12.8 Å². The van der Waals surface area contributed by atoms with Gasteiger partial charge in [-0.05, 0) is 31.0 Å². The van der Waals surface area contributed by atoms with E-state index >= 15 is 0 Å². The Bertz CT molecular complexity index is 971. The van der Waals surface area contributed by atoms with E-state index < -0.39 is 0 Å². The van der Waals surface area contributed by atoms with Gasteiger partial charge in [0.2, 0.25) is 5.95 Å². The first kappa shape index (κ1) is 18.0. The van der Waals surface area contributed by atoms with Gasteiger partial charge in [-0.25, -0.2) is 4.98 Å². The molecule has 2 fully saturated rings. The van der Waals surface area contributed by atoms with Crippen LogP contribution >= 0.6 is 0 Å². The summed E-state index contributed by atoms with van der Waals surface area (Å²) in [4.78, 5) is 16.2. The highest BCUT2D eigenvalue weighted by atomic mass is 16.5. The number of fused-ring (bicyclic) bond motifs is 1. The summed E-state index contributed by atoms with van der Waals surface area (Å²) < 4.78 is 7.17. The van der Waals surface area contributed by atoms with Crippen LogP contribution in [0.5, 0.6) is 0 Å². The molecule has 0 spiro atoms. The molecule has 0 aliphatic carbocycles. The normalized spacial score (nSPS) is 20.2. The average Bonchev–Trinajstić information content (AvgIpc) is 3.27. The molecule has 2 aliphatic rings. The second-order valence-electron chi connectivity index (χ2n) is 7.49. The standard InChI is InChI=1S/C19H25N9O/c1-25(19-20-7-6-16(22-19)26-9-11-29-12-10-26)15-3-2-8-27(13-15)18-5-4-17-23-21-14-28(17)24-18/h4-7,14-15H,2-3,8-13H2,1H3. The zero-order valence-corrected chi connectivity index (χ0v) is 16.6. The van der Waals surface area contributed by atoms with Crippen molar-refractivity contribution < 1.29 is 4.74 Å². The van der Waals surface area contributed by atoms with Gasteiger partial charge in [0.05, 0.1) is 13.2 Å². The number of ether oxygens (including phenoxy) is 1. The van der Waals surface area contributed by atoms with Gasteiger partial charge in [0.15, 0.2) is 5.65 Å². The van der Waals surface area contributed by atoms with Crippen molar-refractivity contribution in [2.75, 3.05) is 61.1 Å². The largest absolute Gasteiger partial charge is 0.378 e. The van der Waals surface area contributed by atoms with Crippen LogP contribution in [0.3, 0.4) is 0 Å². The number of piperidine rings is 1. The Hall–Kier alpha value is -3.01. The van der Waals surface area contributed by atoms with Crippen LogP contribution in [0.2, 0.25) is 0 Å². The number of likely N-dealkylation sites (N-methyl/N-ethyl adjacent to an activating group) is 1. The number of nitrogens with zero attached hydrogens (tertiary/aromatic N) is 9. The Kier molecular flexibility index (Phi) is 4.84. The molecule has 152 valence electrons. The molecule has 1 unspecified atom stereocenters. The molecule has 0 radical (unpaired) electrons. The predicted octanol–water partition coefficient (Wildman–Crippen LogP) is 0.856. The van der Waals surface area contributed by atoms with Gasteiger partial charge in [0.25, 0.3) is 0 Å². The summed E-state index contributed by atoms with van der Waals surface area (Å²) in [5.74, 6) is 2.68. The fourth-order valence-electron chi connectivity index (χ4n) is 4.01. The maximum Gasteiger partial charge on any atom is 0.227 e. The molecule has 0 amide bonds. The predicted molar refractivity (Wildman–Crippen MR) is 109 cm³/mol. The molecular weight excluding hydrogens is 370 g/mol. The Balaban J connectivity index is 1.32. The highest BCUT2D eigenvalue weighted by Crippen LogP contribution is 2.24. The van der Waals surface area contributed by atoms with Gasteiger partial charge >= 0.3 is 0 Å². The first-order chi connectivity index (χ1) is 14.3. The van der Waals surface area contributed by atoms with Crippen molar-refractivity contribution in [3.8, 4) is 0 Å². The van der Waals surface area contributed by atoms with Gasteiger partial charge in [0, 0.05) is 45.5 Å². The monoisotopic (exact) mass is 395 g/mol. The quantitative estimate of drug-likeness (QED) is 0.638. The summed E-state index contributed by atoms with van der Waals surface area (Å²) in [5, 5.41) is 12.6. The molecule has 29 heavy (non-hydrogen) atoms. The Morgan fingerprint density at radius 1 is 1.07 bits per heavy atom. The molecule has 1 atom stereocenters. The minimum Gasteiger partial charge on any atom is -0.378 e. The Morgan fingerprint density at radius 2 is 1.97 bits per heavy atom. The molecule has 2 aliphatic heterocycles. The zero-order chi connectivity index (χ0) is 19.6. The van der Waals surface area contributed by atoms with Gasteiger partial charge < -0.3 is 19.4 Å². The lowest BCUT2D eigenvalue weighted by Gasteiger charge is -2.38. The van der Waals surface area contributed by atoms with Gasteiger partial charge in [0.1, 0.15) is 18.0 Å². The number of rotatable bonds is 4. The lowest BCUT2D eigenvalue weighted by Crippen LogP contribution is -2.47. The lowest BCUT2D eigenvalue weighted by molar-refractivity contribution is 0.122. The third kappa shape index (κ3) is 3.67. The summed E-state index contributed by atoms with van der Waals surface area (Å²) in [6.45, 7) is 5.10. The molecule has 2 saturated heterocycles. The molecule has 3 aromatic heterocycles. The van der Waals surface area contributed by atoms with E-state index in [1.54, 1.807) is 10.8 Å². The minimum absolute atomic E-state index is 0.321. The lowest BCUT2D eigenvalue weighted by atomic mass is 10.0. The number of hydrogen-bond donors (Lipinski definition) is 0. The Morgan fingerprint density at radius 3 is 2.86 bits per heavy atom. The van der Waals surface area contributed by atoms with Crippen LogP contribution in [0.25, 0.3) is 5.65 Å². The average molecular weight is 395 g/mol. The molecule has 0 N–H and O–H groups in total. The Labute approximate surface area is 169 Å². The fraction of sp³-hybridized carbons (Fsp3) is 0.526. The second-order valence-corrected chi connectivity index (χ2v) is 7.49. The van der Waals surface area contributed by atoms with E-state index in [-0.39, 0.29) is 0 Å². The molecule has 0 saturated carbocycles. The topological polar surface area (TPSA) is 87.8 Å². The maximum atomic E-state index is 5.45. The number of morpholine rings is 1. The highest BCUT2D eigenvalue weighted by molar-refractivity contribution is 5.47. The summed E-state index contributed by atoms with van der Waals surface area (Å²) in [6.07, 6.45) is 5.69. The van der Waals surface area contributed by atoms with Crippen molar-refractivity contribution in [1.82, 2.24) is 29.8 Å². The van der Waals surface area contributed by atoms with Gasteiger partial charge in [-0.15, -0.1) is 15.3 Å². The summed E-state index contributed by atoms with van der Waals surface area (Å²) >= 11 is 0. The van der Waals surface area contributed by atoms with Crippen LogP contribution < -0.4 is 14.7 Å². The molecule has 0 aromatic carbocycles. The minimum atomic E-state index is 0.321. The summed E-state index contributed by atoms with van der Waals surface area (Å²) in [5.41, 5.74) is 0.757. The zero-order valence-electron chi connectivity index (χ0n) is 16.6. The number of anilines is 3. The van der Waals surface area contributed by atoms with Crippen molar-refractivity contribution in [3.05, 3.63) is 30.7 Å². The van der Waals surface area contributed by atoms with E-state index in [1.165, 1.54) is 0 Å². The van der Waals surface area contributed by atoms with E-state index in [0.717, 1.165) is 75.5 Å². The third-order valence-corrected chi connectivity index (χ3v) is 5.69. The second kappa shape index (κ2) is 7.78. The van der Waals surface area contributed by atoms with Crippen molar-refractivity contribution in [1.29, 1.82) is 0 Å². The van der Waals surface area contributed by atoms with Crippen LogP contribution in [0, 0.1) is 0 Å². The maximum absolute atomic E-state index is 5.45. The highest BCUT2D eigenvalue weighted by Gasteiger charge is 2.26. The van der Waals surface area contributed by atoms with Gasteiger partial charge in [-0.1, -0.05) is 0 Å². The first-order valence-electron chi connectivity index (χ1n) is 10.1. The SMILES string of the molecule is CN(c1nccc(N2CCOCC2)n1)C1CCCN(c2ccc3nncn3n2)C1. The van der Waals surface area contributed by atoms with Crippen LogP contribution in [-0.2, 0) is 4.74 Å². The third-order valence-electron chi connectivity index (χ3n) is 5.69. The molecule has 10 nitrogen and oxygen atoms in total. The van der Waals surface area contributed by atoms with Crippen molar-refractivity contribution >= 4 is 23.2 Å². The molecule has 3 aromatic rings. The van der Waals surface area contributed by atoms with Crippen LogP contribution in [0.4, 0.5) is 17.6 Å². The molecule has 0 bridgehead atoms. The number of aromatic nitrogens is 6. The van der Waals surface area contributed by atoms with E-state index in [9.17, 15) is 0 Å². The van der Waals surface area contributed by atoms with E-state index in [0.29, 0.717) is 6.04 Å². The number of hydrogen-bond acceptors (Lipinski definition) is 9. The molecule has 5 heterocycles. The van der Waals surface area contributed by atoms with Crippen LogP contribution in [0.15, 0.2) is 30.7 Å². The summed E-state index contributed by atoms with van der Waals surface area (Å²) in [7, 11) is 2.09. The van der Waals surface area contributed by atoms with Gasteiger partial charge in [-0.2, -0.15) is 9.50 Å².